The summed E-state index contributed by atoms with van der Waals surface area (Å²) in [4.78, 5) is 25.5. The lowest BCUT2D eigenvalue weighted by molar-refractivity contribution is -0.140. The fourth-order valence-corrected chi connectivity index (χ4v) is 3.63. The third-order valence-corrected chi connectivity index (χ3v) is 5.13. The Bertz CT molecular complexity index is 1030. The predicted octanol–water partition coefficient (Wildman–Crippen LogP) is 4.01. The van der Waals surface area contributed by atoms with Crippen molar-refractivity contribution in [2.24, 2.45) is 0 Å². The van der Waals surface area contributed by atoms with Crippen LogP contribution in [0.5, 0.6) is 5.88 Å². The highest BCUT2D eigenvalue weighted by Gasteiger charge is 2.33. The molecule has 1 aliphatic heterocycles. The molecule has 0 aromatic carbocycles. The maximum absolute atomic E-state index is 12.9. The van der Waals surface area contributed by atoms with Crippen LogP contribution in [0.25, 0.3) is 11.0 Å². The summed E-state index contributed by atoms with van der Waals surface area (Å²) < 4.78 is 43.7. The molecule has 3 aromatic heterocycles. The summed E-state index contributed by atoms with van der Waals surface area (Å²) in [7, 11) is 1.51. The van der Waals surface area contributed by atoms with Crippen molar-refractivity contribution in [3.8, 4) is 5.88 Å². The highest BCUT2D eigenvalue weighted by Crippen LogP contribution is 2.32. The quantitative estimate of drug-likeness (QED) is 0.716. The molecule has 4 heterocycles. The number of aromatic amines is 1. The average molecular weight is 404 g/mol. The maximum Gasteiger partial charge on any atom is 0.433 e. The summed E-state index contributed by atoms with van der Waals surface area (Å²) in [6.45, 7) is 1.10. The molecule has 1 aliphatic rings. The van der Waals surface area contributed by atoms with E-state index >= 15 is 0 Å². The molecule has 1 fully saturated rings. The fraction of sp³-hybridized carbons (Fsp3) is 0.350. The topological polar surface area (TPSA) is 71.1 Å². The number of methoxy groups -OCH3 is 1. The first kappa shape index (κ1) is 19.2. The Hall–Kier alpha value is -3.10. The van der Waals surface area contributed by atoms with Gasteiger partial charge in [-0.3, -0.25) is 4.79 Å². The van der Waals surface area contributed by atoms with Crippen LogP contribution in [0, 0.1) is 0 Å². The Labute approximate surface area is 164 Å². The van der Waals surface area contributed by atoms with Gasteiger partial charge in [-0.2, -0.15) is 13.2 Å². The summed E-state index contributed by atoms with van der Waals surface area (Å²) >= 11 is 0. The van der Waals surface area contributed by atoms with Crippen LogP contribution in [0.4, 0.5) is 13.2 Å². The second-order valence-electron chi connectivity index (χ2n) is 7.03. The van der Waals surface area contributed by atoms with Crippen LogP contribution in [0.1, 0.15) is 40.5 Å². The maximum atomic E-state index is 12.9. The predicted molar refractivity (Wildman–Crippen MR) is 99.8 cm³/mol. The van der Waals surface area contributed by atoms with E-state index in [-0.39, 0.29) is 17.3 Å². The second kappa shape index (κ2) is 7.38. The van der Waals surface area contributed by atoms with Crippen molar-refractivity contribution in [3.63, 3.8) is 0 Å². The SMILES string of the molecule is COc1ccc(C(=O)N2CCC[C@H](c3cc4nc(C(F)(F)F)ccc4[nH]3)C2)cn1. The molecular weight excluding hydrogens is 385 g/mol. The monoisotopic (exact) mass is 404 g/mol. The van der Waals surface area contributed by atoms with E-state index in [1.54, 1.807) is 23.1 Å². The van der Waals surface area contributed by atoms with E-state index in [1.165, 1.54) is 19.4 Å². The van der Waals surface area contributed by atoms with Gasteiger partial charge in [0.25, 0.3) is 5.91 Å². The van der Waals surface area contributed by atoms with Crippen molar-refractivity contribution < 1.29 is 22.7 Å². The first-order chi connectivity index (χ1) is 13.8. The number of nitrogens with zero attached hydrogens (tertiary/aromatic N) is 3. The number of H-pyrrole nitrogens is 1. The van der Waals surface area contributed by atoms with Gasteiger partial charge in [0.15, 0.2) is 0 Å². The largest absolute Gasteiger partial charge is 0.481 e. The Morgan fingerprint density at radius 2 is 2.10 bits per heavy atom. The molecule has 4 rings (SSSR count). The van der Waals surface area contributed by atoms with E-state index in [4.69, 9.17) is 4.74 Å². The number of carbonyl (C=O) groups is 1. The molecule has 6 nitrogen and oxygen atoms in total. The molecule has 1 N–H and O–H groups in total. The van der Waals surface area contributed by atoms with E-state index in [0.717, 1.165) is 24.6 Å². The lowest BCUT2D eigenvalue weighted by Crippen LogP contribution is -2.39. The number of halogens is 3. The van der Waals surface area contributed by atoms with Crippen LogP contribution >= 0.6 is 0 Å². The molecule has 0 bridgehead atoms. The first-order valence-electron chi connectivity index (χ1n) is 9.21. The van der Waals surface area contributed by atoms with Crippen LogP contribution in [-0.4, -0.2) is 46.0 Å². The number of alkyl halides is 3. The fourth-order valence-electron chi connectivity index (χ4n) is 3.63. The number of nitrogens with one attached hydrogen (secondary N) is 1. The molecular formula is C20H19F3N4O2. The van der Waals surface area contributed by atoms with Crippen molar-refractivity contribution in [2.75, 3.05) is 20.2 Å². The highest BCUT2D eigenvalue weighted by molar-refractivity contribution is 5.94. The molecule has 0 saturated carbocycles. The van der Waals surface area contributed by atoms with Gasteiger partial charge in [-0.15, -0.1) is 0 Å². The van der Waals surface area contributed by atoms with Crippen LogP contribution in [-0.2, 0) is 6.18 Å². The number of aromatic nitrogens is 3. The van der Waals surface area contributed by atoms with E-state index < -0.39 is 11.9 Å². The van der Waals surface area contributed by atoms with Gasteiger partial charge in [-0.1, -0.05) is 0 Å². The summed E-state index contributed by atoms with van der Waals surface area (Å²) in [5.41, 5.74) is 1.17. The van der Waals surface area contributed by atoms with Gasteiger partial charge < -0.3 is 14.6 Å². The molecule has 1 saturated heterocycles. The normalized spacial score (nSPS) is 17.5. The Morgan fingerprint density at radius 3 is 2.79 bits per heavy atom. The number of fused-ring (bicyclic) bond motifs is 1. The Morgan fingerprint density at radius 1 is 1.28 bits per heavy atom. The Balaban J connectivity index is 1.53. The first-order valence-corrected chi connectivity index (χ1v) is 9.21. The molecule has 0 aliphatic carbocycles. The van der Waals surface area contributed by atoms with E-state index in [0.29, 0.717) is 30.0 Å². The highest BCUT2D eigenvalue weighted by atomic mass is 19.4. The molecule has 1 amide bonds. The van der Waals surface area contributed by atoms with Crippen molar-refractivity contribution in [3.05, 3.63) is 53.5 Å². The van der Waals surface area contributed by atoms with Gasteiger partial charge in [0, 0.05) is 37.0 Å². The van der Waals surface area contributed by atoms with Crippen molar-refractivity contribution >= 4 is 16.9 Å². The summed E-state index contributed by atoms with van der Waals surface area (Å²) in [6, 6.07) is 7.32. The number of carbonyl (C=O) groups excluding carboxylic acids is 1. The van der Waals surface area contributed by atoms with Crippen LogP contribution in [0.3, 0.4) is 0 Å². The molecule has 0 unspecified atom stereocenters. The molecule has 3 aromatic rings. The third kappa shape index (κ3) is 3.90. The number of pyridine rings is 2. The van der Waals surface area contributed by atoms with Gasteiger partial charge in [-0.05, 0) is 37.1 Å². The van der Waals surface area contributed by atoms with Gasteiger partial charge >= 0.3 is 6.18 Å². The van der Waals surface area contributed by atoms with E-state index in [2.05, 4.69) is 15.0 Å². The third-order valence-electron chi connectivity index (χ3n) is 5.13. The zero-order valence-electron chi connectivity index (χ0n) is 15.7. The zero-order valence-corrected chi connectivity index (χ0v) is 15.7. The zero-order chi connectivity index (χ0) is 20.6. The van der Waals surface area contributed by atoms with Crippen LogP contribution in [0.15, 0.2) is 36.5 Å². The molecule has 29 heavy (non-hydrogen) atoms. The molecule has 0 spiro atoms. The molecule has 0 radical (unpaired) electrons. The number of amides is 1. The van der Waals surface area contributed by atoms with Gasteiger partial charge in [0.05, 0.1) is 23.7 Å². The standard InChI is InChI=1S/C20H19F3N4O2/c1-29-18-7-4-12(10-24-18)19(28)27-8-2-3-13(11-27)15-9-16-14(25-15)5-6-17(26-16)20(21,22)23/h4-7,9-10,13,25H,2-3,8,11H2,1H3/t13-/m0/s1. The number of ether oxygens (including phenoxy) is 1. The minimum Gasteiger partial charge on any atom is -0.481 e. The summed E-state index contributed by atoms with van der Waals surface area (Å²) in [5, 5.41) is 0. The summed E-state index contributed by atoms with van der Waals surface area (Å²) in [6.07, 6.45) is -1.36. The second-order valence-corrected chi connectivity index (χ2v) is 7.03. The Kier molecular flexibility index (Phi) is 4.89. The van der Waals surface area contributed by atoms with Crippen molar-refractivity contribution in [2.45, 2.75) is 24.9 Å². The molecule has 152 valence electrons. The lowest BCUT2D eigenvalue weighted by Gasteiger charge is -2.32. The van der Waals surface area contributed by atoms with Crippen molar-refractivity contribution in [1.29, 1.82) is 0 Å². The van der Waals surface area contributed by atoms with Gasteiger partial charge in [0.2, 0.25) is 5.88 Å². The number of likely N-dealkylation sites (tertiary alicyclic amines) is 1. The van der Waals surface area contributed by atoms with E-state index in [1.807, 2.05) is 0 Å². The van der Waals surface area contributed by atoms with Gasteiger partial charge in [0.1, 0.15) is 5.69 Å². The number of piperidine rings is 1. The number of hydrogen-bond acceptors (Lipinski definition) is 4. The number of rotatable bonds is 3. The van der Waals surface area contributed by atoms with Crippen LogP contribution < -0.4 is 4.74 Å². The smallest absolute Gasteiger partial charge is 0.433 e. The lowest BCUT2D eigenvalue weighted by atomic mass is 9.94. The van der Waals surface area contributed by atoms with Gasteiger partial charge in [-0.25, -0.2) is 9.97 Å². The number of hydrogen-bond donors (Lipinski definition) is 1. The molecule has 1 atom stereocenters. The van der Waals surface area contributed by atoms with E-state index in [9.17, 15) is 18.0 Å². The molecule has 9 heteroatoms. The summed E-state index contributed by atoms with van der Waals surface area (Å²) in [5.74, 6) is 0.308. The minimum atomic E-state index is -4.48. The average Bonchev–Trinajstić information content (AvgIpc) is 3.16. The van der Waals surface area contributed by atoms with Crippen LogP contribution in [0.2, 0.25) is 0 Å². The van der Waals surface area contributed by atoms with Crippen molar-refractivity contribution in [1.82, 2.24) is 19.9 Å². The minimum absolute atomic E-state index is 0.00226.